The zero-order valence-corrected chi connectivity index (χ0v) is 18.6. The Hall–Kier alpha value is -3.23. The molecule has 2 aromatic heterocycles. The number of hydrogen-bond donors (Lipinski definition) is 2. The number of aryl methyl sites for hydroxylation is 1. The molecule has 2 aromatic carbocycles. The summed E-state index contributed by atoms with van der Waals surface area (Å²) in [4.78, 5) is 19.7. The third kappa shape index (κ3) is 4.92. The smallest absolute Gasteiger partial charge is 0.263 e. The molecule has 0 unspecified atom stereocenters. The maximum Gasteiger partial charge on any atom is 0.263 e. The van der Waals surface area contributed by atoms with Crippen LogP contribution in [0.2, 0.25) is 0 Å². The molecule has 160 valence electrons. The number of carbonyl (C=O) groups is 1. The third-order valence-electron chi connectivity index (χ3n) is 4.86. The number of amides is 1. The number of thiazole rings is 1. The van der Waals surface area contributed by atoms with Crippen LogP contribution in [-0.4, -0.2) is 48.1 Å². The molecule has 0 fully saturated rings. The van der Waals surface area contributed by atoms with Crippen LogP contribution < -0.4 is 10.6 Å². The largest absolute Gasteiger partial charge is 0.381 e. The molecule has 0 aliphatic rings. The average Bonchev–Trinajstić information content (AvgIpc) is 3.35. The van der Waals surface area contributed by atoms with Crippen LogP contribution in [0.3, 0.4) is 0 Å². The molecule has 0 spiro atoms. The molecular formula is C23H25N5O2S. The molecule has 8 heteroatoms. The van der Waals surface area contributed by atoms with Crippen molar-refractivity contribution in [2.24, 2.45) is 0 Å². The predicted molar refractivity (Wildman–Crippen MR) is 125 cm³/mol. The number of nitrogens with one attached hydrogen (secondary N) is 2. The number of carbonyl (C=O) groups excluding carboxylic acids is 1. The molecule has 0 radical (unpaired) electrons. The van der Waals surface area contributed by atoms with E-state index in [0.717, 1.165) is 24.2 Å². The molecule has 4 rings (SSSR count). The van der Waals surface area contributed by atoms with E-state index in [1.54, 1.807) is 0 Å². The summed E-state index contributed by atoms with van der Waals surface area (Å²) < 4.78 is 5.57. The predicted octanol–water partition coefficient (Wildman–Crippen LogP) is 4.16. The van der Waals surface area contributed by atoms with E-state index in [0.29, 0.717) is 33.4 Å². The van der Waals surface area contributed by atoms with Gasteiger partial charge in [0.25, 0.3) is 5.91 Å². The number of likely N-dealkylation sites (N-methyl/N-ethyl adjacent to an activating group) is 1. The number of fused-ring (bicyclic) bond motifs is 1. The SMILES string of the molecule is Cc1nc(-c2noc3cc(NCc4ccccc4)ccc23)sc1C(=O)NCCN(C)C. The first kappa shape index (κ1) is 21.0. The summed E-state index contributed by atoms with van der Waals surface area (Å²) >= 11 is 1.34. The van der Waals surface area contributed by atoms with E-state index in [-0.39, 0.29) is 5.91 Å². The zero-order valence-electron chi connectivity index (χ0n) is 17.8. The Morgan fingerprint density at radius 3 is 2.74 bits per heavy atom. The van der Waals surface area contributed by atoms with Gasteiger partial charge in [-0.15, -0.1) is 11.3 Å². The topological polar surface area (TPSA) is 83.3 Å². The Morgan fingerprint density at radius 1 is 1.16 bits per heavy atom. The molecule has 0 atom stereocenters. The maximum atomic E-state index is 12.5. The number of benzene rings is 2. The first-order valence-electron chi connectivity index (χ1n) is 10.1. The lowest BCUT2D eigenvalue weighted by molar-refractivity contribution is 0.0954. The first-order chi connectivity index (χ1) is 15.0. The molecule has 2 N–H and O–H groups in total. The summed E-state index contributed by atoms with van der Waals surface area (Å²) in [5, 5.41) is 12.1. The lowest BCUT2D eigenvalue weighted by Crippen LogP contribution is -2.31. The molecule has 4 aromatic rings. The van der Waals surface area contributed by atoms with Crippen LogP contribution in [0.5, 0.6) is 0 Å². The Labute approximate surface area is 185 Å². The van der Waals surface area contributed by atoms with Crippen LogP contribution >= 0.6 is 11.3 Å². The maximum absolute atomic E-state index is 12.5. The van der Waals surface area contributed by atoms with Crippen molar-refractivity contribution >= 4 is 33.9 Å². The second kappa shape index (κ2) is 9.28. The van der Waals surface area contributed by atoms with E-state index >= 15 is 0 Å². The van der Waals surface area contributed by atoms with Crippen LogP contribution in [0.1, 0.15) is 20.9 Å². The van der Waals surface area contributed by atoms with Gasteiger partial charge in [0, 0.05) is 31.4 Å². The van der Waals surface area contributed by atoms with Crippen molar-refractivity contribution in [1.29, 1.82) is 0 Å². The van der Waals surface area contributed by atoms with E-state index in [2.05, 4.69) is 32.9 Å². The van der Waals surface area contributed by atoms with Crippen molar-refractivity contribution in [3.05, 3.63) is 64.7 Å². The lowest BCUT2D eigenvalue weighted by Gasteiger charge is -2.09. The van der Waals surface area contributed by atoms with Crippen molar-refractivity contribution in [3.63, 3.8) is 0 Å². The minimum absolute atomic E-state index is 0.108. The highest BCUT2D eigenvalue weighted by atomic mass is 32.1. The lowest BCUT2D eigenvalue weighted by atomic mass is 10.2. The summed E-state index contributed by atoms with van der Waals surface area (Å²) in [6, 6.07) is 16.1. The van der Waals surface area contributed by atoms with Crippen LogP contribution in [-0.2, 0) is 6.54 Å². The second-order valence-electron chi connectivity index (χ2n) is 7.57. The molecule has 0 bridgehead atoms. The minimum Gasteiger partial charge on any atom is -0.381 e. The highest BCUT2D eigenvalue weighted by molar-refractivity contribution is 7.17. The second-order valence-corrected chi connectivity index (χ2v) is 8.57. The quantitative estimate of drug-likeness (QED) is 0.432. The third-order valence-corrected chi connectivity index (χ3v) is 6.02. The van der Waals surface area contributed by atoms with Gasteiger partial charge in [0.05, 0.1) is 11.1 Å². The molecule has 7 nitrogen and oxygen atoms in total. The summed E-state index contributed by atoms with van der Waals surface area (Å²) in [6.45, 7) is 3.94. The van der Waals surface area contributed by atoms with E-state index in [1.807, 2.05) is 62.3 Å². The number of anilines is 1. The van der Waals surface area contributed by atoms with E-state index in [9.17, 15) is 4.79 Å². The van der Waals surface area contributed by atoms with Crippen molar-refractivity contribution in [1.82, 2.24) is 20.4 Å². The summed E-state index contributed by atoms with van der Waals surface area (Å²) in [7, 11) is 3.95. The van der Waals surface area contributed by atoms with Gasteiger partial charge in [-0.3, -0.25) is 4.79 Å². The van der Waals surface area contributed by atoms with E-state index < -0.39 is 0 Å². The molecule has 0 aliphatic carbocycles. The van der Waals surface area contributed by atoms with Gasteiger partial charge in [-0.25, -0.2) is 4.98 Å². The first-order valence-corrected chi connectivity index (χ1v) is 10.9. The van der Waals surface area contributed by atoms with Crippen LogP contribution in [0, 0.1) is 6.92 Å². The van der Waals surface area contributed by atoms with Crippen molar-refractivity contribution < 1.29 is 9.32 Å². The Bertz CT molecular complexity index is 1180. The monoisotopic (exact) mass is 435 g/mol. The Kier molecular flexibility index (Phi) is 6.29. The zero-order chi connectivity index (χ0) is 21.8. The summed E-state index contributed by atoms with van der Waals surface area (Å²) in [5.41, 5.74) is 4.19. The number of nitrogens with zero attached hydrogens (tertiary/aromatic N) is 3. The molecule has 31 heavy (non-hydrogen) atoms. The highest BCUT2D eigenvalue weighted by Crippen LogP contribution is 2.33. The van der Waals surface area contributed by atoms with Gasteiger partial charge >= 0.3 is 0 Å². The minimum atomic E-state index is -0.108. The van der Waals surface area contributed by atoms with Crippen LogP contribution in [0.25, 0.3) is 21.7 Å². The molecule has 0 saturated heterocycles. The van der Waals surface area contributed by atoms with Crippen molar-refractivity contribution in [2.45, 2.75) is 13.5 Å². The van der Waals surface area contributed by atoms with E-state index in [1.165, 1.54) is 16.9 Å². The van der Waals surface area contributed by atoms with Gasteiger partial charge < -0.3 is 20.1 Å². The number of hydrogen-bond acceptors (Lipinski definition) is 7. The van der Waals surface area contributed by atoms with Gasteiger partial charge in [0.1, 0.15) is 15.6 Å². The fourth-order valence-electron chi connectivity index (χ4n) is 3.18. The fourth-order valence-corrected chi connectivity index (χ4v) is 4.16. The van der Waals surface area contributed by atoms with Gasteiger partial charge in [0.2, 0.25) is 0 Å². The summed E-state index contributed by atoms with van der Waals surface area (Å²) in [5.74, 6) is -0.108. The highest BCUT2D eigenvalue weighted by Gasteiger charge is 2.20. The van der Waals surface area contributed by atoms with Gasteiger partial charge in [-0.05, 0) is 38.7 Å². The molecule has 0 aliphatic heterocycles. The van der Waals surface area contributed by atoms with Gasteiger partial charge in [-0.1, -0.05) is 35.5 Å². The molecular weight excluding hydrogens is 410 g/mol. The van der Waals surface area contributed by atoms with Crippen molar-refractivity contribution in [2.75, 3.05) is 32.5 Å². The van der Waals surface area contributed by atoms with E-state index in [4.69, 9.17) is 4.52 Å². The van der Waals surface area contributed by atoms with Crippen LogP contribution in [0.15, 0.2) is 53.1 Å². The van der Waals surface area contributed by atoms with Gasteiger partial charge in [-0.2, -0.15) is 0 Å². The molecule has 1 amide bonds. The Balaban J connectivity index is 1.50. The molecule has 0 saturated carbocycles. The van der Waals surface area contributed by atoms with Gasteiger partial charge in [0.15, 0.2) is 5.58 Å². The van der Waals surface area contributed by atoms with Crippen LogP contribution in [0.4, 0.5) is 5.69 Å². The summed E-state index contributed by atoms with van der Waals surface area (Å²) in [6.07, 6.45) is 0. The Morgan fingerprint density at radius 2 is 1.97 bits per heavy atom. The number of rotatable bonds is 8. The average molecular weight is 436 g/mol. The van der Waals surface area contributed by atoms with Crippen molar-refractivity contribution in [3.8, 4) is 10.7 Å². The number of aromatic nitrogens is 2. The fraction of sp³-hybridized carbons (Fsp3) is 0.261. The normalized spacial score (nSPS) is 11.2. The standard InChI is InChI=1S/C23H25N5O2S/c1-15-21(22(29)24-11-12-28(2)3)31-23(26-15)20-18-10-9-17(13-19(18)30-27-20)25-14-16-7-5-4-6-8-16/h4-10,13,25H,11-12,14H2,1-3H3,(H,24,29). The molecule has 2 heterocycles.